The van der Waals surface area contributed by atoms with Gasteiger partial charge in [-0.25, -0.2) is 0 Å². The fraction of sp³-hybridized carbons (Fsp3) is 0.889. The third-order valence-electron chi connectivity index (χ3n) is 10.8. The van der Waals surface area contributed by atoms with Crippen LogP contribution in [0.25, 0.3) is 0 Å². The van der Waals surface area contributed by atoms with Gasteiger partial charge >= 0.3 is 57.4 Å². The van der Waals surface area contributed by atoms with E-state index in [4.69, 9.17) is 5.11 Å². The van der Waals surface area contributed by atoms with Crippen molar-refractivity contribution in [2.24, 2.45) is 52.3 Å². The van der Waals surface area contributed by atoms with Crippen molar-refractivity contribution in [2.75, 3.05) is 0 Å². The number of ketones is 2. The van der Waals surface area contributed by atoms with E-state index in [-0.39, 0.29) is 98.1 Å². The SMILES string of the molecule is CC(CCC(=O)C(C)C1C(=O)CC2C3CCC4CC(O)CCC4(C)C3CCC21C)C(=O)O.[K+]. The Labute approximate surface area is 241 Å². The smallest absolute Gasteiger partial charge is 0.481 e. The second kappa shape index (κ2) is 10.4. The Morgan fingerprint density at radius 2 is 1.70 bits per heavy atom. The summed E-state index contributed by atoms with van der Waals surface area (Å²) in [5.74, 6) is 0.495. The molecule has 6 heteroatoms. The van der Waals surface area contributed by atoms with Gasteiger partial charge in [-0.3, -0.25) is 14.4 Å². The van der Waals surface area contributed by atoms with Gasteiger partial charge in [0.15, 0.2) is 0 Å². The molecule has 2 N–H and O–H groups in total. The molecule has 0 bridgehead atoms. The van der Waals surface area contributed by atoms with Gasteiger partial charge in [-0.2, -0.15) is 0 Å². The molecule has 4 aliphatic carbocycles. The molecular formula is C27H42KO5+. The van der Waals surface area contributed by atoms with E-state index >= 15 is 0 Å². The summed E-state index contributed by atoms with van der Waals surface area (Å²) in [6.45, 7) is 8.27. The molecule has 0 amide bonds. The number of carboxylic acid groups (broad SMARTS) is 1. The fourth-order valence-electron chi connectivity index (χ4n) is 8.81. The van der Waals surface area contributed by atoms with Crippen molar-refractivity contribution < 1.29 is 76.0 Å². The van der Waals surface area contributed by atoms with Gasteiger partial charge in [0.1, 0.15) is 11.6 Å². The van der Waals surface area contributed by atoms with Crippen LogP contribution < -0.4 is 51.4 Å². The molecule has 0 spiro atoms. The molecule has 180 valence electrons. The largest absolute Gasteiger partial charge is 1.00 e. The van der Waals surface area contributed by atoms with Gasteiger partial charge in [0.05, 0.1) is 12.0 Å². The number of hydrogen-bond donors (Lipinski definition) is 2. The Hall–Kier alpha value is 0.406. The molecule has 4 saturated carbocycles. The minimum atomic E-state index is -0.868. The van der Waals surface area contributed by atoms with E-state index in [1.54, 1.807) is 6.92 Å². The summed E-state index contributed by atoms with van der Waals surface area (Å²) in [6, 6.07) is 0. The second-order valence-corrected chi connectivity index (χ2v) is 12.3. The minimum Gasteiger partial charge on any atom is -0.481 e. The molecule has 0 aromatic rings. The Morgan fingerprint density at radius 1 is 1.03 bits per heavy atom. The zero-order valence-electron chi connectivity index (χ0n) is 21.3. The molecule has 4 fully saturated rings. The van der Waals surface area contributed by atoms with Crippen molar-refractivity contribution in [2.45, 2.75) is 98.0 Å². The summed E-state index contributed by atoms with van der Waals surface area (Å²) in [5.41, 5.74) is 0.155. The normalized spacial score (nSPS) is 44.0. The van der Waals surface area contributed by atoms with Gasteiger partial charge in [0.25, 0.3) is 0 Å². The maximum Gasteiger partial charge on any atom is 1.00 e. The van der Waals surface area contributed by atoms with Crippen molar-refractivity contribution in [3.05, 3.63) is 0 Å². The standard InChI is InChI=1S/C27H42O5.K/c1-15(25(31)32)5-8-22(29)16(2)24-23(30)14-21-19-7-6-17-13-18(28)9-11-26(17,3)20(19)10-12-27(21,24)4;/h15-21,24,28H,5-14H2,1-4H3,(H,31,32);/q;+1. The average molecular weight is 486 g/mol. The number of aliphatic hydroxyl groups excluding tert-OH is 1. The Bertz CT molecular complexity index is 782. The van der Waals surface area contributed by atoms with Crippen LogP contribution in [0.15, 0.2) is 0 Å². The minimum absolute atomic E-state index is 0. The van der Waals surface area contributed by atoms with Crippen molar-refractivity contribution >= 4 is 17.5 Å². The molecule has 0 aromatic heterocycles. The first-order valence-corrected chi connectivity index (χ1v) is 12.9. The molecule has 33 heavy (non-hydrogen) atoms. The summed E-state index contributed by atoms with van der Waals surface area (Å²) in [5, 5.41) is 19.4. The summed E-state index contributed by atoms with van der Waals surface area (Å²) in [4.78, 5) is 37.5. The van der Waals surface area contributed by atoms with Crippen molar-refractivity contribution in [3.63, 3.8) is 0 Å². The van der Waals surface area contributed by atoms with Gasteiger partial charge in [-0.15, -0.1) is 0 Å². The summed E-state index contributed by atoms with van der Waals surface area (Å²) in [6.07, 6.45) is 8.41. The number of rotatable bonds is 6. The van der Waals surface area contributed by atoms with Crippen LogP contribution in [0.1, 0.15) is 91.9 Å². The number of aliphatic carboxylic acids is 1. The molecule has 0 saturated heterocycles. The van der Waals surface area contributed by atoms with Crippen LogP contribution in [0.4, 0.5) is 0 Å². The first-order chi connectivity index (χ1) is 15.0. The number of hydrogen-bond acceptors (Lipinski definition) is 4. The summed E-state index contributed by atoms with van der Waals surface area (Å²) in [7, 11) is 0. The molecule has 0 heterocycles. The Morgan fingerprint density at radius 3 is 2.36 bits per heavy atom. The van der Waals surface area contributed by atoms with Crippen LogP contribution in [0.5, 0.6) is 0 Å². The van der Waals surface area contributed by atoms with E-state index in [1.165, 1.54) is 0 Å². The molecule has 5 nitrogen and oxygen atoms in total. The molecule has 0 aromatic carbocycles. The maximum absolute atomic E-state index is 13.3. The fourth-order valence-corrected chi connectivity index (χ4v) is 8.81. The number of aliphatic hydroxyl groups is 1. The van der Waals surface area contributed by atoms with Crippen LogP contribution in [0, 0.1) is 52.3 Å². The molecule has 4 rings (SSSR count). The Kier molecular flexibility index (Phi) is 8.83. The van der Waals surface area contributed by atoms with Crippen LogP contribution >= 0.6 is 0 Å². The molecular weight excluding hydrogens is 443 g/mol. The maximum atomic E-state index is 13.3. The predicted molar refractivity (Wildman–Crippen MR) is 122 cm³/mol. The van der Waals surface area contributed by atoms with E-state index in [1.807, 2.05) is 6.92 Å². The first kappa shape index (κ1) is 28.0. The Balaban J connectivity index is 0.00000306. The number of carbonyl (C=O) groups excluding carboxylic acids is 2. The van der Waals surface area contributed by atoms with Crippen LogP contribution in [0.2, 0.25) is 0 Å². The first-order valence-electron chi connectivity index (χ1n) is 12.9. The van der Waals surface area contributed by atoms with E-state index in [2.05, 4.69) is 13.8 Å². The van der Waals surface area contributed by atoms with Gasteiger partial charge in [0, 0.05) is 24.7 Å². The van der Waals surface area contributed by atoms with Gasteiger partial charge in [0.2, 0.25) is 0 Å². The molecule has 4 aliphatic rings. The molecule has 0 aliphatic heterocycles. The van der Waals surface area contributed by atoms with E-state index in [0.717, 1.165) is 44.9 Å². The molecule has 10 unspecified atom stereocenters. The third-order valence-corrected chi connectivity index (χ3v) is 10.8. The zero-order chi connectivity index (χ0) is 23.4. The molecule has 10 atom stereocenters. The van der Waals surface area contributed by atoms with Gasteiger partial charge in [-0.1, -0.05) is 27.7 Å². The average Bonchev–Trinajstić information content (AvgIpc) is 3.01. The number of fused-ring (bicyclic) bond motifs is 5. The summed E-state index contributed by atoms with van der Waals surface area (Å²) >= 11 is 0. The second-order valence-electron chi connectivity index (χ2n) is 12.3. The number of carboxylic acids is 1. The number of Topliss-reactive ketones (excluding diaryl/α,β-unsaturated/α-hetero) is 2. The van der Waals surface area contributed by atoms with E-state index in [9.17, 15) is 19.5 Å². The van der Waals surface area contributed by atoms with Crippen molar-refractivity contribution in [1.29, 1.82) is 0 Å². The zero-order valence-corrected chi connectivity index (χ0v) is 24.4. The van der Waals surface area contributed by atoms with Crippen LogP contribution in [-0.2, 0) is 14.4 Å². The predicted octanol–water partition coefficient (Wildman–Crippen LogP) is 1.90. The van der Waals surface area contributed by atoms with Gasteiger partial charge < -0.3 is 10.2 Å². The third kappa shape index (κ3) is 4.87. The number of carbonyl (C=O) groups is 3. The molecule has 0 radical (unpaired) electrons. The van der Waals surface area contributed by atoms with Gasteiger partial charge in [-0.05, 0) is 85.9 Å². The van der Waals surface area contributed by atoms with E-state index in [0.29, 0.717) is 36.5 Å². The van der Waals surface area contributed by atoms with Crippen molar-refractivity contribution in [3.8, 4) is 0 Å². The van der Waals surface area contributed by atoms with Crippen molar-refractivity contribution in [1.82, 2.24) is 0 Å². The quantitative estimate of drug-likeness (QED) is 0.561. The summed E-state index contributed by atoms with van der Waals surface area (Å²) < 4.78 is 0. The monoisotopic (exact) mass is 485 g/mol. The van der Waals surface area contributed by atoms with E-state index < -0.39 is 11.9 Å². The van der Waals surface area contributed by atoms with Crippen LogP contribution in [0.3, 0.4) is 0 Å². The topological polar surface area (TPSA) is 91.7 Å². The van der Waals surface area contributed by atoms with Crippen LogP contribution in [-0.4, -0.2) is 33.9 Å².